The van der Waals surface area contributed by atoms with E-state index in [1.165, 1.54) is 0 Å². The van der Waals surface area contributed by atoms with E-state index in [0.717, 1.165) is 60.3 Å². The van der Waals surface area contributed by atoms with Crippen LogP contribution < -0.4 is 20.1 Å². The monoisotopic (exact) mass is 486 g/mol. The molecule has 0 bridgehead atoms. The second kappa shape index (κ2) is 10.0. The topological polar surface area (TPSA) is 76.1 Å². The summed E-state index contributed by atoms with van der Waals surface area (Å²) in [4.78, 5) is 4.89. The minimum Gasteiger partial charge on any atom is -0.494 e. The molecule has 0 spiro atoms. The van der Waals surface area contributed by atoms with E-state index in [1.54, 1.807) is 14.2 Å². The van der Waals surface area contributed by atoms with Crippen molar-refractivity contribution in [2.24, 2.45) is 0 Å². The van der Waals surface area contributed by atoms with Gasteiger partial charge in [-0.1, -0.05) is 31.2 Å². The molecule has 4 aromatic rings. The van der Waals surface area contributed by atoms with Gasteiger partial charge in [0, 0.05) is 54.5 Å². The Morgan fingerprint density at radius 2 is 1.58 bits per heavy atom. The van der Waals surface area contributed by atoms with Gasteiger partial charge in [0.15, 0.2) is 17.4 Å². The van der Waals surface area contributed by atoms with Crippen LogP contribution >= 0.6 is 0 Å². The van der Waals surface area contributed by atoms with E-state index < -0.39 is 0 Å². The summed E-state index contributed by atoms with van der Waals surface area (Å²) in [5.41, 5.74) is 9.92. The lowest BCUT2D eigenvalue weighted by atomic mass is 9.97. The molecule has 1 unspecified atom stereocenters. The van der Waals surface area contributed by atoms with Crippen molar-refractivity contribution in [1.82, 2.24) is 9.47 Å². The van der Waals surface area contributed by atoms with Crippen LogP contribution in [0.25, 0.3) is 10.8 Å². The van der Waals surface area contributed by atoms with Gasteiger partial charge >= 0.3 is 0 Å². The zero-order chi connectivity index (χ0) is 25.2. The van der Waals surface area contributed by atoms with Gasteiger partial charge in [-0.2, -0.15) is 0 Å². The number of nitrogen functional groups attached to an aromatic ring is 1. The normalized spacial score (nSPS) is 15.2. The van der Waals surface area contributed by atoms with E-state index in [9.17, 15) is 5.11 Å². The number of aromatic hydroxyl groups is 1. The molecule has 1 aliphatic rings. The molecule has 0 saturated carbocycles. The molecule has 0 aliphatic carbocycles. The average Bonchev–Trinajstić information content (AvgIpc) is 3.25. The highest BCUT2D eigenvalue weighted by Gasteiger charge is 2.25. The highest BCUT2D eigenvalue weighted by molar-refractivity contribution is 5.98. The minimum absolute atomic E-state index is 0.223. The lowest BCUT2D eigenvalue weighted by Crippen LogP contribution is -2.46. The van der Waals surface area contributed by atoms with Crippen LogP contribution in [0.1, 0.15) is 24.1 Å². The van der Waals surface area contributed by atoms with Crippen molar-refractivity contribution in [1.29, 1.82) is 0 Å². The molecule has 1 atom stereocenters. The van der Waals surface area contributed by atoms with Crippen molar-refractivity contribution >= 4 is 22.1 Å². The fraction of sp³-hybridized carbons (Fsp3) is 0.310. The number of benzene rings is 3. The number of hydrogen-bond acceptors (Lipinski definition) is 6. The molecule has 0 radical (unpaired) electrons. The predicted molar refractivity (Wildman–Crippen MR) is 146 cm³/mol. The molecule has 3 N–H and O–H groups in total. The van der Waals surface area contributed by atoms with Gasteiger partial charge in [-0.3, -0.25) is 0 Å². The number of likely N-dealkylation sites (N-methyl/N-ethyl adjacent to an activating group) is 1. The van der Waals surface area contributed by atoms with Crippen LogP contribution in [-0.4, -0.2) is 61.5 Å². The van der Waals surface area contributed by atoms with Gasteiger partial charge in [-0.15, -0.1) is 0 Å². The van der Waals surface area contributed by atoms with Crippen LogP contribution in [0.4, 0.5) is 11.4 Å². The fourth-order valence-electron chi connectivity index (χ4n) is 5.27. The number of nitrogens with two attached hydrogens (primary N) is 1. The zero-order valence-corrected chi connectivity index (χ0v) is 21.1. The quantitative estimate of drug-likeness (QED) is 0.368. The predicted octanol–water partition coefficient (Wildman–Crippen LogP) is 4.73. The summed E-state index contributed by atoms with van der Waals surface area (Å²) in [6.07, 6.45) is 2.07. The zero-order valence-electron chi connectivity index (χ0n) is 21.1. The van der Waals surface area contributed by atoms with Crippen LogP contribution in [0.3, 0.4) is 0 Å². The number of aromatic nitrogens is 1. The molecular formula is C29H34N4O3. The fourth-order valence-corrected chi connectivity index (χ4v) is 5.27. The van der Waals surface area contributed by atoms with E-state index in [2.05, 4.69) is 29.0 Å². The van der Waals surface area contributed by atoms with Crippen molar-refractivity contribution < 1.29 is 14.6 Å². The van der Waals surface area contributed by atoms with E-state index in [1.807, 2.05) is 59.2 Å². The van der Waals surface area contributed by atoms with E-state index in [-0.39, 0.29) is 11.9 Å². The van der Waals surface area contributed by atoms with Crippen LogP contribution in [0, 0.1) is 0 Å². The molecule has 36 heavy (non-hydrogen) atoms. The SMILES string of the molecule is CCN1CCN(c2cccc3c(O)n(C(c4cccc(N)c4)c4ccc(OC)c(OC)c4)cc23)CC1. The van der Waals surface area contributed by atoms with Gasteiger partial charge in [-0.25, -0.2) is 0 Å². The Morgan fingerprint density at radius 3 is 2.28 bits per heavy atom. The summed E-state index contributed by atoms with van der Waals surface area (Å²) in [6, 6.07) is 19.5. The van der Waals surface area contributed by atoms with Crippen LogP contribution in [0.2, 0.25) is 0 Å². The summed E-state index contributed by atoms with van der Waals surface area (Å²) >= 11 is 0. The Bertz CT molecular complexity index is 1360. The molecule has 188 valence electrons. The van der Waals surface area contributed by atoms with Crippen molar-refractivity contribution in [3.63, 3.8) is 0 Å². The van der Waals surface area contributed by atoms with Crippen molar-refractivity contribution in [2.75, 3.05) is 57.6 Å². The van der Waals surface area contributed by atoms with E-state index in [0.29, 0.717) is 17.2 Å². The maximum Gasteiger partial charge on any atom is 0.199 e. The summed E-state index contributed by atoms with van der Waals surface area (Å²) in [7, 11) is 3.25. The molecule has 1 fully saturated rings. The molecule has 3 aromatic carbocycles. The highest BCUT2D eigenvalue weighted by atomic mass is 16.5. The first-order valence-electron chi connectivity index (χ1n) is 12.4. The molecule has 1 aliphatic heterocycles. The minimum atomic E-state index is -0.314. The Hall–Kier alpha value is -3.84. The number of fused-ring (bicyclic) bond motifs is 1. The van der Waals surface area contributed by atoms with Crippen LogP contribution in [-0.2, 0) is 0 Å². The van der Waals surface area contributed by atoms with Crippen LogP contribution in [0.5, 0.6) is 17.4 Å². The number of anilines is 2. The third-order valence-corrected chi connectivity index (χ3v) is 7.22. The van der Waals surface area contributed by atoms with Gasteiger partial charge in [0.05, 0.1) is 20.3 Å². The number of rotatable bonds is 7. The first kappa shape index (κ1) is 23.9. The first-order chi connectivity index (χ1) is 17.5. The Labute approximate surface area is 212 Å². The summed E-state index contributed by atoms with van der Waals surface area (Å²) in [6.45, 7) is 7.29. The third kappa shape index (κ3) is 4.31. The molecule has 5 rings (SSSR count). The molecule has 7 heteroatoms. The number of piperazine rings is 1. The largest absolute Gasteiger partial charge is 0.494 e. The van der Waals surface area contributed by atoms with E-state index in [4.69, 9.17) is 15.2 Å². The molecule has 2 heterocycles. The first-order valence-corrected chi connectivity index (χ1v) is 12.4. The summed E-state index contributed by atoms with van der Waals surface area (Å²) in [5.74, 6) is 1.51. The Morgan fingerprint density at radius 1 is 0.861 bits per heavy atom. The number of nitrogens with zero attached hydrogens (tertiary/aromatic N) is 3. The van der Waals surface area contributed by atoms with Gasteiger partial charge < -0.3 is 34.7 Å². The summed E-state index contributed by atoms with van der Waals surface area (Å²) in [5, 5.41) is 13.4. The van der Waals surface area contributed by atoms with Crippen LogP contribution in [0.15, 0.2) is 66.9 Å². The van der Waals surface area contributed by atoms with Gasteiger partial charge in [0.1, 0.15) is 0 Å². The lowest BCUT2D eigenvalue weighted by molar-refractivity contribution is 0.271. The van der Waals surface area contributed by atoms with Crippen molar-refractivity contribution in [3.05, 3.63) is 78.0 Å². The van der Waals surface area contributed by atoms with Gasteiger partial charge in [0.25, 0.3) is 0 Å². The van der Waals surface area contributed by atoms with Crippen molar-refractivity contribution in [3.8, 4) is 17.4 Å². The lowest BCUT2D eigenvalue weighted by Gasteiger charge is -2.35. The highest BCUT2D eigenvalue weighted by Crippen LogP contribution is 2.41. The maximum atomic E-state index is 11.5. The second-order valence-electron chi connectivity index (χ2n) is 9.21. The maximum absolute atomic E-state index is 11.5. The second-order valence-corrected chi connectivity index (χ2v) is 9.21. The Kier molecular flexibility index (Phi) is 6.65. The molecular weight excluding hydrogens is 452 g/mol. The third-order valence-electron chi connectivity index (χ3n) is 7.22. The molecule has 0 amide bonds. The molecule has 1 saturated heterocycles. The van der Waals surface area contributed by atoms with Crippen molar-refractivity contribution in [2.45, 2.75) is 13.0 Å². The number of ether oxygens (including phenoxy) is 2. The smallest absolute Gasteiger partial charge is 0.199 e. The number of methoxy groups -OCH3 is 2. The van der Waals surface area contributed by atoms with Gasteiger partial charge in [0.2, 0.25) is 0 Å². The Balaban J connectivity index is 1.65. The van der Waals surface area contributed by atoms with Gasteiger partial charge in [-0.05, 0) is 54.1 Å². The molecule has 1 aromatic heterocycles. The average molecular weight is 487 g/mol. The number of hydrogen-bond donors (Lipinski definition) is 2. The van der Waals surface area contributed by atoms with E-state index >= 15 is 0 Å². The molecule has 7 nitrogen and oxygen atoms in total. The summed E-state index contributed by atoms with van der Waals surface area (Å²) < 4.78 is 13.0. The standard InChI is InChI=1S/C29H34N4O3/c1-4-31-13-15-32(16-14-31)25-10-6-9-23-24(25)19-33(29(23)34)28(20-7-5-8-22(30)17-20)21-11-12-26(35-2)27(18-21)36-3/h5-12,17-19,28,34H,4,13-16,30H2,1-3H3.